The van der Waals surface area contributed by atoms with E-state index in [0.29, 0.717) is 48.8 Å². The van der Waals surface area contributed by atoms with E-state index in [-0.39, 0.29) is 41.3 Å². The van der Waals surface area contributed by atoms with Crippen LogP contribution in [0.4, 0.5) is 0 Å². The molecule has 1 atom stereocenters. The predicted molar refractivity (Wildman–Crippen MR) is 146 cm³/mol. The van der Waals surface area contributed by atoms with E-state index in [9.17, 15) is 21.6 Å². The summed E-state index contributed by atoms with van der Waals surface area (Å²) in [6, 6.07) is 10.9. The summed E-state index contributed by atoms with van der Waals surface area (Å²) in [6.07, 6.45) is 2.92. The van der Waals surface area contributed by atoms with Crippen molar-refractivity contribution in [2.24, 2.45) is 5.92 Å². The molecular formula is C25H31Cl2N3O6S2. The van der Waals surface area contributed by atoms with Crippen molar-refractivity contribution < 1.29 is 26.4 Å². The molecule has 0 spiro atoms. The van der Waals surface area contributed by atoms with E-state index in [0.717, 1.165) is 12.8 Å². The van der Waals surface area contributed by atoms with E-state index >= 15 is 0 Å². The maximum absolute atomic E-state index is 13.0. The lowest BCUT2D eigenvalue weighted by Gasteiger charge is -2.31. The number of rotatable bonds is 10. The number of nitrogens with one attached hydrogen (secondary N) is 1. The Morgan fingerprint density at radius 3 is 2.32 bits per heavy atom. The molecule has 0 bridgehead atoms. The average molecular weight is 605 g/mol. The van der Waals surface area contributed by atoms with Gasteiger partial charge in [0.25, 0.3) is 0 Å². The second-order valence-electron chi connectivity index (χ2n) is 9.41. The maximum Gasteiger partial charge on any atom is 0.243 e. The number of hydrogen-bond acceptors (Lipinski definition) is 6. The van der Waals surface area contributed by atoms with Crippen molar-refractivity contribution in [1.82, 2.24) is 13.9 Å². The Morgan fingerprint density at radius 1 is 0.947 bits per heavy atom. The average Bonchev–Trinajstić information content (AvgIpc) is 3.45. The first-order valence-corrected chi connectivity index (χ1v) is 16.3. The largest absolute Gasteiger partial charge is 0.492 e. The maximum atomic E-state index is 13.0. The van der Waals surface area contributed by atoms with Crippen LogP contribution < -0.4 is 10.1 Å². The van der Waals surface area contributed by atoms with Gasteiger partial charge in [-0.25, -0.2) is 21.1 Å². The molecule has 38 heavy (non-hydrogen) atoms. The van der Waals surface area contributed by atoms with Gasteiger partial charge in [-0.05, 0) is 67.6 Å². The van der Waals surface area contributed by atoms with Gasteiger partial charge in [-0.3, -0.25) is 4.79 Å². The third-order valence-corrected chi connectivity index (χ3v) is 11.0. The Hall–Kier alpha value is -1.89. The number of halogens is 2. The first kappa shape index (κ1) is 29.1. The summed E-state index contributed by atoms with van der Waals surface area (Å²) < 4.78 is 59.7. The lowest BCUT2D eigenvalue weighted by atomic mass is 9.99. The Labute approximate surface area is 234 Å². The Balaban J connectivity index is 1.24. The molecule has 2 aliphatic rings. The second-order valence-corrected chi connectivity index (χ2v) is 14.2. The molecule has 0 unspecified atom stereocenters. The van der Waals surface area contributed by atoms with E-state index in [1.165, 1.54) is 26.8 Å². The molecule has 1 amide bonds. The molecule has 2 heterocycles. The van der Waals surface area contributed by atoms with Crippen LogP contribution in [-0.2, 0) is 30.6 Å². The van der Waals surface area contributed by atoms with Gasteiger partial charge in [0.2, 0.25) is 26.0 Å². The summed E-state index contributed by atoms with van der Waals surface area (Å²) in [6.45, 7) is 1.96. The fourth-order valence-corrected chi connectivity index (χ4v) is 8.32. The van der Waals surface area contributed by atoms with E-state index in [4.69, 9.17) is 27.9 Å². The van der Waals surface area contributed by atoms with Crippen molar-refractivity contribution in [2.75, 3.05) is 39.3 Å². The third-order valence-electron chi connectivity index (χ3n) is 6.70. The molecule has 2 saturated heterocycles. The van der Waals surface area contributed by atoms with Crippen LogP contribution in [0.25, 0.3) is 0 Å². The molecule has 0 aliphatic carbocycles. The van der Waals surface area contributed by atoms with Crippen LogP contribution in [0.5, 0.6) is 5.75 Å². The van der Waals surface area contributed by atoms with Gasteiger partial charge in [0.05, 0.1) is 23.1 Å². The normalized spacial score (nSPS) is 19.4. The summed E-state index contributed by atoms with van der Waals surface area (Å²) in [5.74, 6) is -0.460. The summed E-state index contributed by atoms with van der Waals surface area (Å²) >= 11 is 12.1. The smallest absolute Gasteiger partial charge is 0.243 e. The number of hydrogen-bond donors (Lipinski definition) is 1. The number of benzene rings is 2. The lowest BCUT2D eigenvalue weighted by molar-refractivity contribution is -0.126. The highest BCUT2D eigenvalue weighted by Gasteiger charge is 2.33. The second kappa shape index (κ2) is 12.5. The number of carbonyl (C=O) groups is 1. The van der Waals surface area contributed by atoms with Crippen LogP contribution >= 0.6 is 23.2 Å². The summed E-state index contributed by atoms with van der Waals surface area (Å²) in [4.78, 5) is 12.9. The Kier molecular flexibility index (Phi) is 9.59. The molecule has 4 rings (SSSR count). The highest BCUT2D eigenvalue weighted by Crippen LogP contribution is 2.27. The van der Waals surface area contributed by atoms with E-state index in [1.807, 2.05) is 0 Å². The number of amides is 1. The van der Waals surface area contributed by atoms with Crippen molar-refractivity contribution in [3.05, 3.63) is 58.1 Å². The molecule has 0 aromatic heterocycles. The van der Waals surface area contributed by atoms with Crippen LogP contribution in [0.3, 0.4) is 0 Å². The molecule has 2 aromatic carbocycles. The quantitative estimate of drug-likeness (QED) is 0.416. The molecule has 2 aromatic rings. The molecule has 2 aliphatic heterocycles. The molecule has 2 fully saturated rings. The van der Waals surface area contributed by atoms with Crippen molar-refractivity contribution in [3.8, 4) is 5.75 Å². The molecule has 9 nitrogen and oxygen atoms in total. The monoisotopic (exact) mass is 603 g/mol. The standard InChI is InChI=1S/C25H31Cl2N3O6S2/c26-21-6-5-20(24(27)16-21)18-37(32,33)30-14-3-4-19(17-30)25(31)28-11-15-36-22-7-9-23(10-8-22)38(34,35)29-12-1-2-13-29/h5-10,16,19H,1-4,11-15,17-18H2,(H,28,31)/t19-/m1/s1. The van der Waals surface area contributed by atoms with Crippen LogP contribution in [0, 0.1) is 5.92 Å². The van der Waals surface area contributed by atoms with Crippen molar-refractivity contribution in [2.45, 2.75) is 36.3 Å². The summed E-state index contributed by atoms with van der Waals surface area (Å²) in [5.41, 5.74) is 0.460. The zero-order valence-corrected chi connectivity index (χ0v) is 24.0. The summed E-state index contributed by atoms with van der Waals surface area (Å²) in [7, 11) is -7.14. The zero-order valence-electron chi connectivity index (χ0n) is 20.8. The van der Waals surface area contributed by atoms with Crippen LogP contribution in [0.2, 0.25) is 10.0 Å². The number of ether oxygens (including phenoxy) is 1. The minimum atomic E-state index is -3.66. The SMILES string of the molecule is O=C(NCCOc1ccc(S(=O)(=O)N2CCCC2)cc1)[C@@H]1CCCN(S(=O)(=O)Cc2ccc(Cl)cc2Cl)C1. The van der Waals surface area contributed by atoms with Crippen LogP contribution in [0.15, 0.2) is 47.4 Å². The lowest BCUT2D eigenvalue weighted by Crippen LogP contribution is -2.46. The van der Waals surface area contributed by atoms with Crippen molar-refractivity contribution >= 4 is 49.2 Å². The molecule has 0 radical (unpaired) electrons. The molecule has 208 valence electrons. The fourth-order valence-electron chi connectivity index (χ4n) is 4.61. The Bertz CT molecular complexity index is 1350. The van der Waals surface area contributed by atoms with Crippen molar-refractivity contribution in [3.63, 3.8) is 0 Å². The van der Waals surface area contributed by atoms with Gasteiger partial charge in [-0.1, -0.05) is 29.3 Å². The summed E-state index contributed by atoms with van der Waals surface area (Å²) in [5, 5.41) is 3.52. The third kappa shape index (κ3) is 7.19. The van der Waals surface area contributed by atoms with E-state index in [1.54, 1.807) is 24.3 Å². The van der Waals surface area contributed by atoms with Crippen LogP contribution in [0.1, 0.15) is 31.2 Å². The minimum absolute atomic E-state index is 0.104. The molecular weight excluding hydrogens is 573 g/mol. The van der Waals surface area contributed by atoms with Gasteiger partial charge in [-0.2, -0.15) is 4.31 Å². The molecule has 0 saturated carbocycles. The highest BCUT2D eigenvalue weighted by atomic mass is 35.5. The molecule has 1 N–H and O–H groups in total. The van der Waals surface area contributed by atoms with Gasteiger partial charge in [0.15, 0.2) is 0 Å². The number of carbonyl (C=O) groups excluding carboxylic acids is 1. The van der Waals surface area contributed by atoms with E-state index in [2.05, 4.69) is 5.32 Å². The van der Waals surface area contributed by atoms with Gasteiger partial charge >= 0.3 is 0 Å². The van der Waals surface area contributed by atoms with Crippen LogP contribution in [-0.4, -0.2) is 70.7 Å². The van der Waals surface area contributed by atoms with Gasteiger partial charge in [0.1, 0.15) is 12.4 Å². The highest BCUT2D eigenvalue weighted by molar-refractivity contribution is 7.89. The van der Waals surface area contributed by atoms with E-state index < -0.39 is 26.0 Å². The van der Waals surface area contributed by atoms with Gasteiger partial charge in [0, 0.05) is 36.2 Å². The van der Waals surface area contributed by atoms with Gasteiger partial charge in [-0.15, -0.1) is 0 Å². The number of nitrogens with zero attached hydrogens (tertiary/aromatic N) is 2. The Morgan fingerprint density at radius 2 is 1.63 bits per heavy atom. The zero-order chi connectivity index (χ0) is 27.3. The first-order valence-electron chi connectivity index (χ1n) is 12.5. The topological polar surface area (TPSA) is 113 Å². The van der Waals surface area contributed by atoms with Gasteiger partial charge < -0.3 is 10.1 Å². The first-order chi connectivity index (χ1) is 18.1. The predicted octanol–water partition coefficient (Wildman–Crippen LogP) is 3.51. The number of sulfonamides is 2. The number of piperidine rings is 1. The minimum Gasteiger partial charge on any atom is -0.492 e. The fraction of sp³-hybridized carbons (Fsp3) is 0.480. The van der Waals surface area contributed by atoms with Crippen molar-refractivity contribution in [1.29, 1.82) is 0 Å². The molecule has 13 heteroatoms.